The third-order valence-electron chi connectivity index (χ3n) is 4.06. The second kappa shape index (κ2) is 7.66. The zero-order valence-corrected chi connectivity index (χ0v) is 14.7. The quantitative estimate of drug-likeness (QED) is 0.331. The van der Waals surface area contributed by atoms with E-state index >= 15 is 0 Å². The van der Waals surface area contributed by atoms with E-state index in [2.05, 4.69) is 36.0 Å². The van der Waals surface area contributed by atoms with Gasteiger partial charge >= 0.3 is 0 Å². The molecule has 28 heavy (non-hydrogen) atoms. The van der Waals surface area contributed by atoms with Gasteiger partial charge in [0.2, 0.25) is 5.95 Å². The number of nitrogens with one attached hydrogen (secondary N) is 3. The van der Waals surface area contributed by atoms with Gasteiger partial charge in [-0.25, -0.2) is 5.10 Å². The van der Waals surface area contributed by atoms with Gasteiger partial charge in [0.25, 0.3) is 5.69 Å². The minimum absolute atomic E-state index is 0.0404. The Hall–Kier alpha value is -4.08. The summed E-state index contributed by atoms with van der Waals surface area (Å²) in [5, 5.41) is 27.8. The molecule has 0 radical (unpaired) electrons. The molecular weight excluding hydrogens is 360 g/mol. The minimum atomic E-state index is -0.423. The van der Waals surface area contributed by atoms with Gasteiger partial charge in [-0.1, -0.05) is 47.7 Å². The van der Waals surface area contributed by atoms with Crippen molar-refractivity contribution in [3.05, 3.63) is 75.8 Å². The molecule has 10 heteroatoms. The average molecular weight is 376 g/mol. The lowest BCUT2D eigenvalue weighted by Crippen LogP contribution is -2.08. The fraction of sp³-hybridized carbons (Fsp3) is 0.111. The molecule has 0 saturated heterocycles. The smallest absolute Gasteiger partial charge is 0.269 e. The number of hydrogen-bond acceptors (Lipinski definition) is 8. The molecule has 4 aromatic rings. The van der Waals surface area contributed by atoms with E-state index < -0.39 is 4.92 Å². The number of non-ortho nitro benzene ring substituents is 1. The molecule has 0 aliphatic carbocycles. The van der Waals surface area contributed by atoms with Crippen molar-refractivity contribution in [2.45, 2.75) is 13.1 Å². The summed E-state index contributed by atoms with van der Waals surface area (Å²) in [7, 11) is 0. The third kappa shape index (κ3) is 3.85. The molecule has 0 bridgehead atoms. The molecule has 10 nitrogen and oxygen atoms in total. The highest BCUT2D eigenvalue weighted by Crippen LogP contribution is 2.20. The summed E-state index contributed by atoms with van der Waals surface area (Å²) in [4.78, 5) is 19.3. The number of hydrogen-bond donors (Lipinski definition) is 3. The number of anilines is 2. The fourth-order valence-corrected chi connectivity index (χ4v) is 2.69. The summed E-state index contributed by atoms with van der Waals surface area (Å²) >= 11 is 0. The Morgan fingerprint density at radius 3 is 2.57 bits per heavy atom. The Morgan fingerprint density at radius 1 is 0.964 bits per heavy atom. The first-order chi connectivity index (χ1) is 13.7. The molecular formula is C18H16N8O2. The minimum Gasteiger partial charge on any atom is -0.364 e. The van der Waals surface area contributed by atoms with Crippen molar-refractivity contribution in [1.29, 1.82) is 0 Å². The van der Waals surface area contributed by atoms with Crippen LogP contribution in [-0.2, 0) is 13.1 Å². The monoisotopic (exact) mass is 376 g/mol. The first-order valence-electron chi connectivity index (χ1n) is 8.53. The van der Waals surface area contributed by atoms with Crippen LogP contribution in [0.1, 0.15) is 11.1 Å². The Morgan fingerprint density at radius 2 is 1.75 bits per heavy atom. The highest BCUT2D eigenvalue weighted by Gasteiger charge is 2.12. The normalized spacial score (nSPS) is 10.7. The standard InChI is InChI=1S/C18H16N8O2/c27-26(28)14-8-4-7-13(9-14)11-20-18-21-16(15-17(22-18)24-25-23-15)19-10-12-5-2-1-3-6-12/h1-9H,10-11H2,(H3,19,20,21,22,23,24,25). The summed E-state index contributed by atoms with van der Waals surface area (Å²) in [6.07, 6.45) is 0. The van der Waals surface area contributed by atoms with Crippen LogP contribution in [0.2, 0.25) is 0 Å². The van der Waals surface area contributed by atoms with E-state index in [0.29, 0.717) is 36.0 Å². The first-order valence-corrected chi connectivity index (χ1v) is 8.53. The Kier molecular flexibility index (Phi) is 4.74. The van der Waals surface area contributed by atoms with Gasteiger partial charge in [0.05, 0.1) is 4.92 Å². The molecule has 0 aliphatic rings. The molecule has 0 spiro atoms. The zero-order valence-electron chi connectivity index (χ0n) is 14.7. The fourth-order valence-electron chi connectivity index (χ4n) is 2.69. The van der Waals surface area contributed by atoms with Gasteiger partial charge in [0, 0.05) is 25.2 Å². The molecule has 0 amide bonds. The molecule has 2 heterocycles. The van der Waals surface area contributed by atoms with Crippen LogP contribution >= 0.6 is 0 Å². The predicted octanol–water partition coefficient (Wildman–Crippen LogP) is 2.88. The Balaban J connectivity index is 1.53. The molecule has 2 aromatic carbocycles. The van der Waals surface area contributed by atoms with Crippen LogP contribution in [0.5, 0.6) is 0 Å². The summed E-state index contributed by atoms with van der Waals surface area (Å²) < 4.78 is 0. The van der Waals surface area contributed by atoms with Gasteiger partial charge < -0.3 is 10.6 Å². The lowest BCUT2D eigenvalue weighted by Gasteiger charge is -2.09. The Bertz CT molecular complexity index is 1110. The van der Waals surface area contributed by atoms with Crippen molar-refractivity contribution in [2.24, 2.45) is 0 Å². The van der Waals surface area contributed by atoms with Crippen molar-refractivity contribution in [3.8, 4) is 0 Å². The van der Waals surface area contributed by atoms with Crippen LogP contribution in [0.15, 0.2) is 54.6 Å². The number of nitro benzene ring substituents is 1. The van der Waals surface area contributed by atoms with E-state index in [-0.39, 0.29) is 5.69 Å². The van der Waals surface area contributed by atoms with E-state index in [1.54, 1.807) is 12.1 Å². The highest BCUT2D eigenvalue weighted by molar-refractivity contribution is 5.82. The average Bonchev–Trinajstić information content (AvgIpc) is 3.20. The van der Waals surface area contributed by atoms with Crippen LogP contribution in [0, 0.1) is 10.1 Å². The number of rotatable bonds is 7. The van der Waals surface area contributed by atoms with Crippen LogP contribution < -0.4 is 10.6 Å². The van der Waals surface area contributed by atoms with Crippen molar-refractivity contribution >= 4 is 28.6 Å². The number of aromatic amines is 1. The second-order valence-corrected chi connectivity index (χ2v) is 6.02. The lowest BCUT2D eigenvalue weighted by atomic mass is 10.2. The van der Waals surface area contributed by atoms with Crippen LogP contribution in [-0.4, -0.2) is 30.3 Å². The summed E-state index contributed by atoms with van der Waals surface area (Å²) in [5.74, 6) is 0.907. The van der Waals surface area contributed by atoms with Gasteiger partial charge in [-0.05, 0) is 11.1 Å². The third-order valence-corrected chi connectivity index (χ3v) is 4.06. The number of nitrogens with zero attached hydrogens (tertiary/aromatic N) is 5. The molecule has 0 atom stereocenters. The van der Waals surface area contributed by atoms with Crippen LogP contribution in [0.4, 0.5) is 17.5 Å². The number of fused-ring (bicyclic) bond motifs is 1. The maximum atomic E-state index is 10.9. The predicted molar refractivity (Wildman–Crippen MR) is 104 cm³/mol. The summed E-state index contributed by atoms with van der Waals surface area (Å²) in [5.41, 5.74) is 2.92. The van der Waals surface area contributed by atoms with E-state index in [4.69, 9.17) is 0 Å². The number of nitro groups is 1. The second-order valence-electron chi connectivity index (χ2n) is 6.02. The van der Waals surface area contributed by atoms with E-state index in [1.807, 2.05) is 30.3 Å². The largest absolute Gasteiger partial charge is 0.364 e. The number of benzene rings is 2. The molecule has 3 N–H and O–H groups in total. The first kappa shape index (κ1) is 17.3. The summed E-state index contributed by atoms with van der Waals surface area (Å²) in [6, 6.07) is 16.3. The SMILES string of the molecule is O=[N+]([O-])c1cccc(CNc2nc(NCc3ccccc3)c3nn[nH]c3n2)c1. The van der Waals surface area contributed by atoms with E-state index in [0.717, 1.165) is 11.1 Å². The van der Waals surface area contributed by atoms with Gasteiger partial charge in [-0.3, -0.25) is 10.1 Å². The van der Waals surface area contributed by atoms with Crippen molar-refractivity contribution < 1.29 is 4.92 Å². The van der Waals surface area contributed by atoms with Gasteiger partial charge in [0.15, 0.2) is 17.0 Å². The lowest BCUT2D eigenvalue weighted by molar-refractivity contribution is -0.384. The molecule has 2 aromatic heterocycles. The van der Waals surface area contributed by atoms with Gasteiger partial charge in [0.1, 0.15) is 0 Å². The van der Waals surface area contributed by atoms with Crippen molar-refractivity contribution in [1.82, 2.24) is 25.4 Å². The summed E-state index contributed by atoms with van der Waals surface area (Å²) in [6.45, 7) is 0.914. The van der Waals surface area contributed by atoms with Crippen molar-refractivity contribution in [2.75, 3.05) is 10.6 Å². The van der Waals surface area contributed by atoms with Gasteiger partial charge in [-0.2, -0.15) is 9.97 Å². The molecule has 0 unspecified atom stereocenters. The maximum absolute atomic E-state index is 10.9. The van der Waals surface area contributed by atoms with Crippen LogP contribution in [0.3, 0.4) is 0 Å². The van der Waals surface area contributed by atoms with Crippen LogP contribution in [0.25, 0.3) is 11.2 Å². The number of H-pyrrole nitrogens is 1. The molecule has 0 aliphatic heterocycles. The van der Waals surface area contributed by atoms with Gasteiger partial charge in [-0.15, -0.1) is 5.10 Å². The van der Waals surface area contributed by atoms with E-state index in [9.17, 15) is 10.1 Å². The maximum Gasteiger partial charge on any atom is 0.269 e. The zero-order chi connectivity index (χ0) is 19.3. The molecule has 0 fully saturated rings. The Labute approximate surface area is 159 Å². The molecule has 140 valence electrons. The number of aromatic nitrogens is 5. The highest BCUT2D eigenvalue weighted by atomic mass is 16.6. The molecule has 0 saturated carbocycles. The van der Waals surface area contributed by atoms with E-state index in [1.165, 1.54) is 12.1 Å². The topological polar surface area (TPSA) is 135 Å². The molecule has 4 rings (SSSR count). The van der Waals surface area contributed by atoms with Crippen molar-refractivity contribution in [3.63, 3.8) is 0 Å².